The van der Waals surface area contributed by atoms with Crippen molar-refractivity contribution in [2.24, 2.45) is 0 Å². The normalized spacial score (nSPS) is 9.88. The Bertz CT molecular complexity index is 742. The van der Waals surface area contributed by atoms with Crippen LogP contribution in [0.25, 0.3) is 0 Å². The van der Waals surface area contributed by atoms with E-state index in [0.717, 1.165) is 5.56 Å². The lowest BCUT2D eigenvalue weighted by atomic mass is 10.2. The van der Waals surface area contributed by atoms with Crippen LogP contribution in [0.15, 0.2) is 48.5 Å². The standard InChI is InChI=1S/C18H17NO5/c1-13-6-2-4-8-15(13)19-17(21)11-24-18(22)12-23-16-9-5-3-7-14(16)10-20/h2-10H,11-12H2,1H3,(H,19,21). The smallest absolute Gasteiger partial charge is 0.344 e. The van der Waals surface area contributed by atoms with Crippen LogP contribution in [0.1, 0.15) is 15.9 Å². The van der Waals surface area contributed by atoms with Crippen molar-refractivity contribution < 1.29 is 23.9 Å². The summed E-state index contributed by atoms with van der Waals surface area (Å²) in [6, 6.07) is 13.8. The van der Waals surface area contributed by atoms with Crippen LogP contribution in [-0.4, -0.2) is 31.4 Å². The second kappa shape index (κ2) is 8.47. The molecule has 0 aliphatic heterocycles. The highest BCUT2D eigenvalue weighted by molar-refractivity contribution is 5.93. The minimum Gasteiger partial charge on any atom is -0.481 e. The number of hydrogen-bond acceptors (Lipinski definition) is 5. The fourth-order valence-electron chi connectivity index (χ4n) is 1.93. The molecule has 0 radical (unpaired) electrons. The van der Waals surface area contributed by atoms with Gasteiger partial charge in [0.1, 0.15) is 5.75 Å². The maximum Gasteiger partial charge on any atom is 0.344 e. The zero-order chi connectivity index (χ0) is 17.4. The largest absolute Gasteiger partial charge is 0.481 e. The van der Waals surface area contributed by atoms with Crippen LogP contribution in [0.2, 0.25) is 0 Å². The van der Waals surface area contributed by atoms with E-state index in [4.69, 9.17) is 9.47 Å². The second-order valence-electron chi connectivity index (χ2n) is 4.97. The van der Waals surface area contributed by atoms with Gasteiger partial charge in [0.15, 0.2) is 19.5 Å². The Morgan fingerprint density at radius 3 is 2.50 bits per heavy atom. The molecule has 2 aromatic rings. The van der Waals surface area contributed by atoms with Crippen LogP contribution in [0.5, 0.6) is 5.75 Å². The molecule has 0 saturated carbocycles. The molecule has 0 heterocycles. The molecule has 24 heavy (non-hydrogen) atoms. The van der Waals surface area contributed by atoms with Crippen LogP contribution in [-0.2, 0) is 14.3 Å². The minimum absolute atomic E-state index is 0.286. The van der Waals surface area contributed by atoms with Crippen molar-refractivity contribution in [2.75, 3.05) is 18.5 Å². The zero-order valence-electron chi connectivity index (χ0n) is 13.2. The van der Waals surface area contributed by atoms with E-state index in [2.05, 4.69) is 5.32 Å². The van der Waals surface area contributed by atoms with Gasteiger partial charge in [0, 0.05) is 5.69 Å². The van der Waals surface area contributed by atoms with Crippen molar-refractivity contribution in [3.63, 3.8) is 0 Å². The van der Waals surface area contributed by atoms with Crippen molar-refractivity contribution >= 4 is 23.9 Å². The van der Waals surface area contributed by atoms with Gasteiger partial charge in [-0.25, -0.2) is 4.79 Å². The number of para-hydroxylation sites is 2. The molecule has 0 atom stereocenters. The van der Waals surface area contributed by atoms with Crippen molar-refractivity contribution in [1.82, 2.24) is 0 Å². The second-order valence-corrected chi connectivity index (χ2v) is 4.97. The Morgan fingerprint density at radius 1 is 1.04 bits per heavy atom. The fraction of sp³-hybridized carbons (Fsp3) is 0.167. The molecule has 0 aromatic heterocycles. The number of benzene rings is 2. The highest BCUT2D eigenvalue weighted by Gasteiger charge is 2.10. The lowest BCUT2D eigenvalue weighted by Crippen LogP contribution is -2.24. The first-order chi connectivity index (χ1) is 11.6. The quantitative estimate of drug-likeness (QED) is 0.624. The van der Waals surface area contributed by atoms with E-state index in [1.807, 2.05) is 19.1 Å². The van der Waals surface area contributed by atoms with Gasteiger partial charge in [-0.1, -0.05) is 30.3 Å². The van der Waals surface area contributed by atoms with E-state index in [0.29, 0.717) is 17.5 Å². The average Bonchev–Trinajstić information content (AvgIpc) is 2.60. The number of amides is 1. The number of carbonyl (C=O) groups is 3. The molecule has 0 bridgehead atoms. The summed E-state index contributed by atoms with van der Waals surface area (Å²) in [6.45, 7) is 1.06. The van der Waals surface area contributed by atoms with Crippen molar-refractivity contribution in [3.05, 3.63) is 59.7 Å². The van der Waals surface area contributed by atoms with Crippen molar-refractivity contribution in [1.29, 1.82) is 0 Å². The Kier molecular flexibility index (Phi) is 6.08. The summed E-state index contributed by atoms with van der Waals surface area (Å²) in [5.41, 5.74) is 1.91. The third-order valence-electron chi connectivity index (χ3n) is 3.17. The monoisotopic (exact) mass is 327 g/mol. The lowest BCUT2D eigenvalue weighted by molar-refractivity contribution is -0.149. The van der Waals surface area contributed by atoms with Gasteiger partial charge in [-0.15, -0.1) is 0 Å². The first-order valence-corrected chi connectivity index (χ1v) is 7.28. The van der Waals surface area contributed by atoms with Gasteiger partial charge in [-0.3, -0.25) is 9.59 Å². The summed E-state index contributed by atoms with van der Waals surface area (Å²) in [4.78, 5) is 34.2. The molecule has 0 aliphatic carbocycles. The van der Waals surface area contributed by atoms with Crippen molar-refractivity contribution in [2.45, 2.75) is 6.92 Å². The van der Waals surface area contributed by atoms with E-state index in [1.165, 1.54) is 0 Å². The minimum atomic E-state index is -0.698. The van der Waals surface area contributed by atoms with Crippen LogP contribution in [0.4, 0.5) is 5.69 Å². The van der Waals surface area contributed by atoms with Gasteiger partial charge >= 0.3 is 5.97 Å². The third kappa shape index (κ3) is 4.95. The SMILES string of the molecule is Cc1ccccc1NC(=O)COC(=O)COc1ccccc1C=O. The average molecular weight is 327 g/mol. The molecule has 0 saturated heterocycles. The molecule has 0 aliphatic rings. The van der Waals surface area contributed by atoms with E-state index < -0.39 is 18.5 Å². The highest BCUT2D eigenvalue weighted by Crippen LogP contribution is 2.15. The number of ether oxygens (including phenoxy) is 2. The predicted molar refractivity (Wildman–Crippen MR) is 88.1 cm³/mol. The molecule has 6 nitrogen and oxygen atoms in total. The number of carbonyl (C=O) groups excluding carboxylic acids is 3. The van der Waals surface area contributed by atoms with Crippen LogP contribution in [0.3, 0.4) is 0 Å². The van der Waals surface area contributed by atoms with E-state index in [1.54, 1.807) is 36.4 Å². The molecule has 0 spiro atoms. The van der Waals surface area contributed by atoms with Crippen LogP contribution >= 0.6 is 0 Å². The van der Waals surface area contributed by atoms with Gasteiger partial charge in [-0.05, 0) is 30.7 Å². The lowest BCUT2D eigenvalue weighted by Gasteiger charge is -2.10. The molecule has 6 heteroatoms. The summed E-state index contributed by atoms with van der Waals surface area (Å²) >= 11 is 0. The number of esters is 1. The molecule has 0 unspecified atom stereocenters. The Balaban J connectivity index is 1.78. The van der Waals surface area contributed by atoms with Crippen LogP contribution < -0.4 is 10.1 Å². The predicted octanol–water partition coefficient (Wildman–Crippen LogP) is 2.37. The molecule has 1 N–H and O–H groups in total. The summed E-state index contributed by atoms with van der Waals surface area (Å²) in [7, 11) is 0. The molecular formula is C18H17NO5. The number of hydrogen-bond donors (Lipinski definition) is 1. The van der Waals surface area contributed by atoms with Gasteiger partial charge < -0.3 is 14.8 Å². The third-order valence-corrected chi connectivity index (χ3v) is 3.17. The van der Waals surface area contributed by atoms with Crippen LogP contribution in [0, 0.1) is 6.92 Å². The van der Waals surface area contributed by atoms with Gasteiger partial charge in [0.05, 0.1) is 5.56 Å². The molecule has 2 rings (SSSR count). The Morgan fingerprint density at radius 2 is 1.75 bits per heavy atom. The number of anilines is 1. The summed E-state index contributed by atoms with van der Waals surface area (Å²) in [5.74, 6) is -0.851. The number of rotatable bonds is 7. The highest BCUT2D eigenvalue weighted by atomic mass is 16.6. The Hall–Kier alpha value is -3.15. The molecule has 124 valence electrons. The summed E-state index contributed by atoms with van der Waals surface area (Å²) in [5, 5.41) is 2.65. The fourth-order valence-corrected chi connectivity index (χ4v) is 1.93. The maximum atomic E-state index is 11.8. The molecule has 0 fully saturated rings. The van der Waals surface area contributed by atoms with Gasteiger partial charge in [0.2, 0.25) is 0 Å². The molecular weight excluding hydrogens is 310 g/mol. The Labute approximate surface area is 139 Å². The topological polar surface area (TPSA) is 81.7 Å². The number of aryl methyl sites for hydroxylation is 1. The van der Waals surface area contributed by atoms with E-state index in [-0.39, 0.29) is 12.4 Å². The van der Waals surface area contributed by atoms with Gasteiger partial charge in [-0.2, -0.15) is 0 Å². The molecule has 2 aromatic carbocycles. The number of aldehydes is 1. The summed E-state index contributed by atoms with van der Waals surface area (Å²) < 4.78 is 10.1. The van der Waals surface area contributed by atoms with Crippen molar-refractivity contribution in [3.8, 4) is 5.75 Å². The van der Waals surface area contributed by atoms with E-state index >= 15 is 0 Å². The zero-order valence-corrected chi connectivity index (χ0v) is 13.2. The first-order valence-electron chi connectivity index (χ1n) is 7.28. The maximum absolute atomic E-state index is 11.8. The van der Waals surface area contributed by atoms with Gasteiger partial charge in [0.25, 0.3) is 5.91 Å². The van der Waals surface area contributed by atoms with E-state index in [9.17, 15) is 14.4 Å². The number of nitrogens with one attached hydrogen (secondary N) is 1. The molecule has 1 amide bonds. The first kappa shape index (κ1) is 17.2. The summed E-state index contributed by atoms with van der Waals surface area (Å²) in [6.07, 6.45) is 0.635.